The first kappa shape index (κ1) is 47.8. The van der Waals surface area contributed by atoms with Crippen LogP contribution >= 0.6 is 0 Å². The Morgan fingerprint density at radius 1 is 0.735 bits per heavy atom. The molecule has 6 atom stereocenters. The molecular weight excluding hydrogens is 655 g/mol. The first-order valence-corrected chi connectivity index (χ1v) is 24.1. The zero-order chi connectivity index (χ0) is 38.5. The van der Waals surface area contributed by atoms with Gasteiger partial charge in [-0.2, -0.15) is 0 Å². The van der Waals surface area contributed by atoms with E-state index < -0.39 is 70.2 Å². The van der Waals surface area contributed by atoms with E-state index in [1.165, 1.54) is 0 Å². The van der Waals surface area contributed by atoms with Crippen LogP contribution in [-0.4, -0.2) is 81.1 Å². The van der Waals surface area contributed by atoms with Crippen LogP contribution in [0.15, 0.2) is 11.1 Å². The predicted octanol–water partition coefficient (Wildman–Crippen LogP) is 9.13. The van der Waals surface area contributed by atoms with Crippen LogP contribution in [0.1, 0.15) is 131 Å². The number of aliphatic hydroxyl groups is 2. The monoisotopic (exact) mass is 732 g/mol. The van der Waals surface area contributed by atoms with Crippen molar-refractivity contribution >= 4 is 28.7 Å². The standard InChI is InChI=1S/C38H77NO8Si2/c1-18-31(46-48(19-2,20-3)21-4)38(16,17)34(41)32(40)28(11)27(10)29(12)44-35(42)33(47-49(22-5,23-6)24-7)30(25-26(8)9)39-36(43)45-37(13,14)15/h26,29-34,40-41H,18-25H2,1-17H3,(H,39,43)/b28-27+/t29?,30-,31-,32-,33?,34-/m0/s1. The second-order valence-corrected chi connectivity index (χ2v) is 25.5. The molecule has 0 aliphatic heterocycles. The Kier molecular flexibility index (Phi) is 20.2. The van der Waals surface area contributed by atoms with E-state index in [4.69, 9.17) is 18.3 Å². The van der Waals surface area contributed by atoms with Gasteiger partial charge < -0.3 is 33.9 Å². The third-order valence-electron chi connectivity index (χ3n) is 10.9. The lowest BCUT2D eigenvalue weighted by molar-refractivity contribution is -0.157. The van der Waals surface area contributed by atoms with Crippen LogP contribution in [0.4, 0.5) is 4.79 Å². The maximum atomic E-state index is 14.1. The molecule has 0 rings (SSSR count). The molecule has 49 heavy (non-hydrogen) atoms. The van der Waals surface area contributed by atoms with Crippen molar-refractivity contribution in [1.82, 2.24) is 5.32 Å². The Balaban J connectivity index is 6.53. The number of amides is 1. The van der Waals surface area contributed by atoms with Crippen molar-refractivity contribution < 1.29 is 38.1 Å². The van der Waals surface area contributed by atoms with Crippen molar-refractivity contribution in [1.29, 1.82) is 0 Å². The second kappa shape index (κ2) is 20.7. The highest BCUT2D eigenvalue weighted by Crippen LogP contribution is 2.38. The van der Waals surface area contributed by atoms with Crippen molar-refractivity contribution in [3.8, 4) is 0 Å². The van der Waals surface area contributed by atoms with E-state index in [9.17, 15) is 19.8 Å². The molecule has 0 radical (unpaired) electrons. The lowest BCUT2D eigenvalue weighted by Crippen LogP contribution is -2.55. The Bertz CT molecular complexity index is 1020. The first-order chi connectivity index (χ1) is 22.5. The molecule has 0 bridgehead atoms. The summed E-state index contributed by atoms with van der Waals surface area (Å²) >= 11 is 0. The van der Waals surface area contributed by atoms with Gasteiger partial charge in [0.05, 0.1) is 18.2 Å². The molecule has 0 saturated carbocycles. The van der Waals surface area contributed by atoms with Crippen LogP contribution in [0, 0.1) is 11.3 Å². The molecule has 0 fully saturated rings. The van der Waals surface area contributed by atoms with Crippen LogP contribution in [0.25, 0.3) is 0 Å². The Hall–Kier alpha value is -1.25. The number of ether oxygens (including phenoxy) is 2. The van der Waals surface area contributed by atoms with Crippen molar-refractivity contribution in [2.75, 3.05) is 0 Å². The molecule has 0 aromatic heterocycles. The van der Waals surface area contributed by atoms with Gasteiger partial charge >= 0.3 is 12.1 Å². The summed E-state index contributed by atoms with van der Waals surface area (Å²) in [4.78, 5) is 27.1. The van der Waals surface area contributed by atoms with E-state index in [2.05, 4.69) is 53.8 Å². The molecule has 0 heterocycles. The van der Waals surface area contributed by atoms with Crippen LogP contribution in [0.3, 0.4) is 0 Å². The van der Waals surface area contributed by atoms with Gasteiger partial charge in [0.2, 0.25) is 0 Å². The number of carbonyl (C=O) groups is 2. The van der Waals surface area contributed by atoms with Gasteiger partial charge in [-0.1, -0.05) is 76.2 Å². The average molecular weight is 732 g/mol. The molecule has 0 aliphatic rings. The van der Waals surface area contributed by atoms with E-state index in [0.29, 0.717) is 17.6 Å². The molecule has 3 N–H and O–H groups in total. The number of carbonyl (C=O) groups excluding carboxylic acids is 2. The summed E-state index contributed by atoms with van der Waals surface area (Å²) in [5.41, 5.74) is -0.253. The minimum absolute atomic E-state index is 0.150. The summed E-state index contributed by atoms with van der Waals surface area (Å²) in [5.74, 6) is -0.416. The smallest absolute Gasteiger partial charge is 0.407 e. The van der Waals surface area contributed by atoms with Crippen molar-refractivity contribution in [3.63, 3.8) is 0 Å². The lowest BCUT2D eigenvalue weighted by atomic mass is 9.75. The zero-order valence-electron chi connectivity index (χ0n) is 34.5. The Morgan fingerprint density at radius 2 is 1.18 bits per heavy atom. The van der Waals surface area contributed by atoms with Crippen LogP contribution in [0.5, 0.6) is 0 Å². The molecule has 0 aromatic carbocycles. The maximum absolute atomic E-state index is 14.1. The van der Waals surface area contributed by atoms with Crippen molar-refractivity contribution in [2.24, 2.45) is 11.3 Å². The summed E-state index contributed by atoms with van der Waals surface area (Å²) in [6.45, 7) is 33.6. The number of alkyl carbamates (subject to hydrolysis) is 1. The number of rotatable bonds is 22. The van der Waals surface area contributed by atoms with Gasteiger partial charge in [0.1, 0.15) is 17.8 Å². The summed E-state index contributed by atoms with van der Waals surface area (Å²) in [6.07, 6.45) is -3.68. The van der Waals surface area contributed by atoms with Gasteiger partial charge in [0.15, 0.2) is 22.7 Å². The number of esters is 1. The van der Waals surface area contributed by atoms with Gasteiger partial charge in [-0.3, -0.25) is 0 Å². The Morgan fingerprint density at radius 3 is 1.57 bits per heavy atom. The minimum Gasteiger partial charge on any atom is -0.456 e. The average Bonchev–Trinajstić information content (AvgIpc) is 3.03. The van der Waals surface area contributed by atoms with E-state index in [1.807, 2.05) is 34.6 Å². The fourth-order valence-corrected chi connectivity index (χ4v) is 12.4. The topological polar surface area (TPSA) is 124 Å². The minimum atomic E-state index is -2.34. The fraction of sp³-hybridized carbons (Fsp3) is 0.895. The fourth-order valence-electron chi connectivity index (χ4n) is 6.57. The molecule has 2 unspecified atom stereocenters. The zero-order valence-corrected chi connectivity index (χ0v) is 36.5. The van der Waals surface area contributed by atoms with E-state index in [0.717, 1.165) is 42.7 Å². The third kappa shape index (κ3) is 14.0. The van der Waals surface area contributed by atoms with Gasteiger partial charge in [-0.15, -0.1) is 0 Å². The summed E-state index contributed by atoms with van der Waals surface area (Å²) in [5, 5.41) is 26.1. The molecule has 11 heteroatoms. The van der Waals surface area contributed by atoms with Crippen molar-refractivity contribution in [2.45, 2.75) is 209 Å². The third-order valence-corrected chi connectivity index (χ3v) is 20.2. The van der Waals surface area contributed by atoms with Crippen LogP contribution < -0.4 is 5.32 Å². The number of nitrogens with one attached hydrogen (secondary N) is 1. The summed E-state index contributed by atoms with van der Waals surface area (Å²) in [6, 6.07) is 4.79. The van der Waals surface area contributed by atoms with Gasteiger partial charge in [0.25, 0.3) is 0 Å². The maximum Gasteiger partial charge on any atom is 0.407 e. The van der Waals surface area contributed by atoms with Crippen molar-refractivity contribution in [3.05, 3.63) is 11.1 Å². The highest BCUT2D eigenvalue weighted by Gasteiger charge is 2.45. The Labute approximate surface area is 302 Å². The highest BCUT2D eigenvalue weighted by atomic mass is 28.4. The van der Waals surface area contributed by atoms with E-state index >= 15 is 0 Å². The molecule has 1 amide bonds. The number of aliphatic hydroxyl groups excluding tert-OH is 2. The molecule has 9 nitrogen and oxygen atoms in total. The van der Waals surface area contributed by atoms with Gasteiger partial charge in [0, 0.05) is 5.41 Å². The van der Waals surface area contributed by atoms with E-state index in [1.54, 1.807) is 34.6 Å². The SMILES string of the molecule is CC[C@H](O[Si](CC)(CC)CC)C(C)(C)[C@@H](O)[C@@H](O)/C(C)=C(\C)C(C)OC(=O)C(O[Si](CC)(CC)CC)[C@H](CC(C)C)NC(=O)OC(C)(C)C. The van der Waals surface area contributed by atoms with Gasteiger partial charge in [-0.25, -0.2) is 9.59 Å². The quantitative estimate of drug-likeness (QED) is 0.0573. The molecule has 0 aromatic rings. The lowest BCUT2D eigenvalue weighted by Gasteiger charge is -2.44. The van der Waals surface area contributed by atoms with Gasteiger partial charge in [-0.05, 0) is 108 Å². The normalized spacial score (nSPS) is 17.5. The van der Waals surface area contributed by atoms with Crippen LogP contribution in [0.2, 0.25) is 36.3 Å². The first-order valence-electron chi connectivity index (χ1n) is 19.1. The molecule has 0 saturated heterocycles. The molecule has 0 spiro atoms. The van der Waals surface area contributed by atoms with E-state index in [-0.39, 0.29) is 12.0 Å². The number of hydrogen-bond donors (Lipinski definition) is 3. The summed E-state index contributed by atoms with van der Waals surface area (Å²) in [7, 11) is -4.30. The highest BCUT2D eigenvalue weighted by molar-refractivity contribution is 6.74. The summed E-state index contributed by atoms with van der Waals surface area (Å²) < 4.78 is 25.3. The second-order valence-electron chi connectivity index (χ2n) is 16.1. The largest absolute Gasteiger partial charge is 0.456 e. The predicted molar refractivity (Wildman–Crippen MR) is 207 cm³/mol. The number of hydrogen-bond acceptors (Lipinski definition) is 8. The molecular formula is C38H77NO8Si2. The molecule has 0 aliphatic carbocycles. The molecule has 290 valence electrons. The van der Waals surface area contributed by atoms with Crippen LogP contribution in [-0.2, 0) is 23.1 Å².